The van der Waals surface area contributed by atoms with Crippen LogP contribution in [0.25, 0.3) is 11.0 Å². The Bertz CT molecular complexity index is 683. The van der Waals surface area contributed by atoms with E-state index in [0.29, 0.717) is 10.8 Å². The maximum atomic E-state index is 10.5. The van der Waals surface area contributed by atoms with E-state index in [1.807, 2.05) is 16.8 Å². The Hall–Kier alpha value is -1.21. The lowest BCUT2D eigenvalue weighted by Gasteiger charge is -2.26. The van der Waals surface area contributed by atoms with Gasteiger partial charge in [-0.3, -0.25) is 0 Å². The fourth-order valence-corrected chi connectivity index (χ4v) is 4.08. The minimum atomic E-state index is -0.797. The van der Waals surface area contributed by atoms with E-state index in [9.17, 15) is 10.2 Å². The normalized spacial score (nSPS) is 36.0. The second-order valence-corrected chi connectivity index (χ2v) is 6.48. The lowest BCUT2D eigenvalue weighted by molar-refractivity contribution is -0.0210. The van der Waals surface area contributed by atoms with Crippen molar-refractivity contribution >= 4 is 22.6 Å². The number of halogens is 1. The van der Waals surface area contributed by atoms with Gasteiger partial charge >= 0.3 is 0 Å². The lowest BCUT2D eigenvalue weighted by Crippen LogP contribution is -2.38. The quantitative estimate of drug-likeness (QED) is 0.677. The number of fused-ring (bicyclic) bond motifs is 1. The standard InChI is InChI=1S/C14H17ClN4O2/c15-12-8-1-4-19(13(8)18-7-17-12)9-5-14(2-3-16-6-14)11(21)10(9)20/h1,4,7,9-11,16,20-21H,2-3,5-6H2/t9-,10+,11+,14+/m1/s1. The molecule has 3 heterocycles. The number of aliphatic hydroxyl groups excluding tert-OH is 2. The first-order valence-corrected chi connectivity index (χ1v) is 7.54. The van der Waals surface area contributed by atoms with Crippen molar-refractivity contribution in [3.8, 4) is 0 Å². The highest BCUT2D eigenvalue weighted by Gasteiger charge is 2.54. The summed E-state index contributed by atoms with van der Waals surface area (Å²) in [5, 5.41) is 25.5. The first-order chi connectivity index (χ1) is 10.1. The van der Waals surface area contributed by atoms with Gasteiger partial charge in [-0.25, -0.2) is 9.97 Å². The van der Waals surface area contributed by atoms with Crippen molar-refractivity contribution in [1.82, 2.24) is 19.9 Å². The second-order valence-electron chi connectivity index (χ2n) is 6.12. The van der Waals surface area contributed by atoms with Crippen LogP contribution in [0.5, 0.6) is 0 Å². The molecule has 1 saturated heterocycles. The van der Waals surface area contributed by atoms with Crippen LogP contribution in [0.3, 0.4) is 0 Å². The van der Waals surface area contributed by atoms with Gasteiger partial charge in [0.2, 0.25) is 0 Å². The van der Waals surface area contributed by atoms with E-state index in [2.05, 4.69) is 15.3 Å². The maximum Gasteiger partial charge on any atom is 0.145 e. The summed E-state index contributed by atoms with van der Waals surface area (Å²) in [6.07, 6.45) is 3.39. The Morgan fingerprint density at radius 3 is 3.00 bits per heavy atom. The Morgan fingerprint density at radius 2 is 2.24 bits per heavy atom. The third-order valence-electron chi connectivity index (χ3n) is 5.06. The number of hydrogen-bond acceptors (Lipinski definition) is 5. The van der Waals surface area contributed by atoms with Gasteiger partial charge in [-0.2, -0.15) is 0 Å². The summed E-state index contributed by atoms with van der Waals surface area (Å²) < 4.78 is 1.92. The van der Waals surface area contributed by atoms with Crippen LogP contribution in [-0.4, -0.2) is 50.0 Å². The molecule has 2 aliphatic rings. The summed E-state index contributed by atoms with van der Waals surface area (Å²) in [6, 6.07) is 1.66. The summed E-state index contributed by atoms with van der Waals surface area (Å²) in [4.78, 5) is 8.25. The van der Waals surface area contributed by atoms with Gasteiger partial charge < -0.3 is 20.1 Å². The molecule has 1 aliphatic heterocycles. The Kier molecular flexibility index (Phi) is 2.97. The average molecular weight is 309 g/mol. The van der Waals surface area contributed by atoms with Crippen molar-refractivity contribution in [3.63, 3.8) is 0 Å². The molecule has 2 aromatic rings. The SMILES string of the molecule is O[C@H]1[C@H](n2ccc3c(Cl)ncnc32)C[C@]2(CCNC2)[C@H]1O. The summed E-state index contributed by atoms with van der Waals surface area (Å²) in [5.74, 6) is 0. The number of rotatable bonds is 1. The van der Waals surface area contributed by atoms with E-state index in [1.165, 1.54) is 6.33 Å². The molecule has 7 heteroatoms. The molecule has 0 unspecified atom stereocenters. The Morgan fingerprint density at radius 1 is 1.38 bits per heavy atom. The van der Waals surface area contributed by atoms with E-state index in [0.717, 1.165) is 31.3 Å². The molecule has 0 radical (unpaired) electrons. The summed E-state index contributed by atoms with van der Waals surface area (Å²) in [7, 11) is 0. The van der Waals surface area contributed by atoms with E-state index >= 15 is 0 Å². The van der Waals surface area contributed by atoms with Gasteiger partial charge in [0.15, 0.2) is 0 Å². The topological polar surface area (TPSA) is 83.2 Å². The van der Waals surface area contributed by atoms with Crippen LogP contribution in [0.2, 0.25) is 5.15 Å². The van der Waals surface area contributed by atoms with Gasteiger partial charge in [-0.15, -0.1) is 0 Å². The van der Waals surface area contributed by atoms with Crippen LogP contribution < -0.4 is 5.32 Å². The van der Waals surface area contributed by atoms with Crippen LogP contribution in [0.15, 0.2) is 18.6 Å². The number of aliphatic hydroxyl groups is 2. The van der Waals surface area contributed by atoms with Crippen molar-refractivity contribution in [2.45, 2.75) is 31.1 Å². The van der Waals surface area contributed by atoms with Gasteiger partial charge in [-0.1, -0.05) is 11.6 Å². The molecule has 6 nitrogen and oxygen atoms in total. The monoisotopic (exact) mass is 308 g/mol. The third kappa shape index (κ3) is 1.83. The zero-order valence-electron chi connectivity index (χ0n) is 11.4. The van der Waals surface area contributed by atoms with Crippen LogP contribution in [0.4, 0.5) is 0 Å². The zero-order valence-corrected chi connectivity index (χ0v) is 12.2. The molecule has 0 amide bonds. The van der Waals surface area contributed by atoms with Gasteiger partial charge in [0.05, 0.1) is 17.5 Å². The highest BCUT2D eigenvalue weighted by Crippen LogP contribution is 2.48. The van der Waals surface area contributed by atoms with Crippen LogP contribution in [0, 0.1) is 5.41 Å². The summed E-state index contributed by atoms with van der Waals surface area (Å²) in [5.41, 5.74) is 0.464. The summed E-state index contributed by atoms with van der Waals surface area (Å²) >= 11 is 6.08. The lowest BCUT2D eigenvalue weighted by atomic mass is 9.83. The van der Waals surface area contributed by atoms with E-state index in [-0.39, 0.29) is 11.5 Å². The first-order valence-electron chi connectivity index (χ1n) is 7.16. The van der Waals surface area contributed by atoms with Crippen molar-refractivity contribution in [2.75, 3.05) is 13.1 Å². The molecular formula is C14H17ClN4O2. The van der Waals surface area contributed by atoms with Crippen LogP contribution >= 0.6 is 11.6 Å². The van der Waals surface area contributed by atoms with Crippen molar-refractivity contribution in [2.24, 2.45) is 5.41 Å². The van der Waals surface area contributed by atoms with E-state index in [4.69, 9.17) is 11.6 Å². The molecular weight excluding hydrogens is 292 g/mol. The molecule has 3 N–H and O–H groups in total. The van der Waals surface area contributed by atoms with Gasteiger partial charge in [0.25, 0.3) is 0 Å². The molecule has 4 rings (SSSR count). The molecule has 2 aromatic heterocycles. The minimum Gasteiger partial charge on any atom is -0.390 e. The Balaban J connectivity index is 1.77. The fraction of sp³-hybridized carbons (Fsp3) is 0.571. The smallest absolute Gasteiger partial charge is 0.145 e. The summed E-state index contributed by atoms with van der Waals surface area (Å²) in [6.45, 7) is 1.63. The minimum absolute atomic E-state index is 0.191. The average Bonchev–Trinajstić information content (AvgIpc) is 3.16. The van der Waals surface area contributed by atoms with Crippen LogP contribution in [-0.2, 0) is 0 Å². The number of hydrogen-bond donors (Lipinski definition) is 3. The molecule has 21 heavy (non-hydrogen) atoms. The molecule has 2 fully saturated rings. The molecule has 1 saturated carbocycles. The molecule has 4 atom stereocenters. The predicted molar refractivity (Wildman–Crippen MR) is 78.1 cm³/mol. The van der Waals surface area contributed by atoms with Crippen molar-refractivity contribution in [1.29, 1.82) is 0 Å². The molecule has 1 spiro atoms. The number of nitrogens with one attached hydrogen (secondary N) is 1. The number of aromatic nitrogens is 3. The zero-order chi connectivity index (χ0) is 14.6. The predicted octanol–water partition coefficient (Wildman–Crippen LogP) is 0.731. The maximum absolute atomic E-state index is 10.5. The van der Waals surface area contributed by atoms with Crippen LogP contribution in [0.1, 0.15) is 18.9 Å². The number of nitrogens with zero attached hydrogens (tertiary/aromatic N) is 3. The second kappa shape index (κ2) is 4.64. The van der Waals surface area contributed by atoms with Gasteiger partial charge in [0.1, 0.15) is 23.2 Å². The molecule has 0 bridgehead atoms. The van der Waals surface area contributed by atoms with Gasteiger partial charge in [-0.05, 0) is 25.5 Å². The van der Waals surface area contributed by atoms with E-state index in [1.54, 1.807) is 0 Å². The largest absolute Gasteiger partial charge is 0.390 e. The third-order valence-corrected chi connectivity index (χ3v) is 5.36. The van der Waals surface area contributed by atoms with Gasteiger partial charge in [0, 0.05) is 18.2 Å². The Labute approximate surface area is 126 Å². The van der Waals surface area contributed by atoms with Crippen molar-refractivity contribution in [3.05, 3.63) is 23.7 Å². The van der Waals surface area contributed by atoms with Crippen molar-refractivity contribution < 1.29 is 10.2 Å². The first kappa shape index (κ1) is 13.5. The van der Waals surface area contributed by atoms with E-state index < -0.39 is 12.2 Å². The molecule has 112 valence electrons. The molecule has 1 aliphatic carbocycles. The highest BCUT2D eigenvalue weighted by molar-refractivity contribution is 6.33. The highest BCUT2D eigenvalue weighted by atomic mass is 35.5. The molecule has 0 aromatic carbocycles. The fourth-order valence-electron chi connectivity index (χ4n) is 3.89.